The van der Waals surface area contributed by atoms with Crippen LogP contribution in [0.3, 0.4) is 0 Å². The largest absolute Gasteiger partial charge is 0.397 e. The van der Waals surface area contributed by atoms with Crippen LogP contribution in [0.4, 0.5) is 5.69 Å². The molecule has 2 aromatic rings. The van der Waals surface area contributed by atoms with Gasteiger partial charge >= 0.3 is 0 Å². The lowest BCUT2D eigenvalue weighted by atomic mass is 10.1. The molecule has 108 valence electrons. The molecule has 2 rings (SSSR count). The van der Waals surface area contributed by atoms with Crippen LogP contribution in [0, 0.1) is 13.8 Å². The van der Waals surface area contributed by atoms with Crippen molar-refractivity contribution in [3.05, 3.63) is 35.2 Å². The summed E-state index contributed by atoms with van der Waals surface area (Å²) in [5.74, 6) is 0. The summed E-state index contributed by atoms with van der Waals surface area (Å²) in [4.78, 5) is -0.00371. The zero-order valence-electron chi connectivity index (χ0n) is 11.7. The monoisotopic (exact) mass is 294 g/mol. The standard InChI is InChI=1S/C13H18N4O2S/c1-4-11-8(2)16-17(9(11)3)13-6-5-10(7-12(13)14)20(15,18)19/h5-7H,4,14H2,1-3H3,(H2,15,18,19). The van der Waals surface area contributed by atoms with Gasteiger partial charge in [0.05, 0.1) is 22.0 Å². The third kappa shape index (κ3) is 2.41. The number of hydrogen-bond acceptors (Lipinski definition) is 4. The number of nitrogen functional groups attached to an aromatic ring is 1. The van der Waals surface area contributed by atoms with E-state index in [9.17, 15) is 8.42 Å². The SMILES string of the molecule is CCc1c(C)nn(-c2ccc(S(N)(=O)=O)cc2N)c1C. The normalized spacial score (nSPS) is 11.8. The number of aromatic nitrogens is 2. The molecule has 6 nitrogen and oxygen atoms in total. The first-order chi connectivity index (χ1) is 9.25. The van der Waals surface area contributed by atoms with Crippen LogP contribution in [-0.2, 0) is 16.4 Å². The van der Waals surface area contributed by atoms with E-state index in [4.69, 9.17) is 10.9 Å². The maximum Gasteiger partial charge on any atom is 0.238 e. The molecule has 0 atom stereocenters. The van der Waals surface area contributed by atoms with Crippen molar-refractivity contribution >= 4 is 15.7 Å². The Hall–Kier alpha value is -1.86. The van der Waals surface area contributed by atoms with Crippen LogP contribution in [-0.4, -0.2) is 18.2 Å². The van der Waals surface area contributed by atoms with Gasteiger partial charge in [0, 0.05) is 5.69 Å². The molecule has 0 aliphatic carbocycles. The van der Waals surface area contributed by atoms with Crippen molar-refractivity contribution in [1.82, 2.24) is 9.78 Å². The summed E-state index contributed by atoms with van der Waals surface area (Å²) in [5, 5.41) is 9.55. The minimum Gasteiger partial charge on any atom is -0.397 e. The van der Waals surface area contributed by atoms with E-state index in [0.717, 1.165) is 17.8 Å². The minimum absolute atomic E-state index is 0.00371. The van der Waals surface area contributed by atoms with E-state index in [0.29, 0.717) is 11.4 Å². The maximum atomic E-state index is 11.3. The Balaban J connectivity index is 2.60. The fraction of sp³-hybridized carbons (Fsp3) is 0.308. The molecule has 0 saturated heterocycles. The molecule has 20 heavy (non-hydrogen) atoms. The summed E-state index contributed by atoms with van der Waals surface area (Å²) in [6.45, 7) is 5.97. The number of benzene rings is 1. The molecule has 0 fully saturated rings. The Morgan fingerprint density at radius 3 is 2.40 bits per heavy atom. The highest BCUT2D eigenvalue weighted by molar-refractivity contribution is 7.89. The van der Waals surface area contributed by atoms with E-state index in [2.05, 4.69) is 12.0 Å². The number of nitrogens with two attached hydrogens (primary N) is 2. The molecular formula is C13H18N4O2S. The number of rotatable bonds is 3. The van der Waals surface area contributed by atoms with Crippen LogP contribution in [0.15, 0.2) is 23.1 Å². The molecule has 1 aromatic carbocycles. The minimum atomic E-state index is -3.75. The van der Waals surface area contributed by atoms with Crippen LogP contribution in [0.2, 0.25) is 0 Å². The Morgan fingerprint density at radius 2 is 1.95 bits per heavy atom. The van der Waals surface area contributed by atoms with E-state index in [1.807, 2.05) is 13.8 Å². The van der Waals surface area contributed by atoms with Crippen molar-refractivity contribution in [1.29, 1.82) is 0 Å². The topological polar surface area (TPSA) is 104 Å². The van der Waals surface area contributed by atoms with E-state index in [1.165, 1.54) is 17.7 Å². The van der Waals surface area contributed by atoms with Gasteiger partial charge in [0.15, 0.2) is 0 Å². The van der Waals surface area contributed by atoms with Crippen LogP contribution < -0.4 is 10.9 Å². The van der Waals surface area contributed by atoms with Crippen molar-refractivity contribution in [2.75, 3.05) is 5.73 Å². The summed E-state index contributed by atoms with van der Waals surface area (Å²) in [7, 11) is -3.75. The molecule has 4 N–H and O–H groups in total. The molecule has 0 radical (unpaired) electrons. The van der Waals surface area contributed by atoms with Crippen LogP contribution in [0.25, 0.3) is 5.69 Å². The van der Waals surface area contributed by atoms with Crippen LogP contribution in [0.1, 0.15) is 23.9 Å². The fourth-order valence-corrected chi connectivity index (χ4v) is 2.87. The molecule has 0 aliphatic heterocycles. The van der Waals surface area contributed by atoms with Crippen molar-refractivity contribution < 1.29 is 8.42 Å². The first-order valence-corrected chi connectivity index (χ1v) is 7.78. The van der Waals surface area contributed by atoms with Gasteiger partial charge in [-0.3, -0.25) is 0 Å². The Labute approximate surface area is 118 Å². The average Bonchev–Trinajstić information content (AvgIpc) is 2.63. The second kappa shape index (κ2) is 4.92. The first kappa shape index (κ1) is 14.5. The van der Waals surface area contributed by atoms with Gasteiger partial charge < -0.3 is 5.73 Å². The van der Waals surface area contributed by atoms with Gasteiger partial charge in [0.1, 0.15) is 0 Å². The summed E-state index contributed by atoms with van der Waals surface area (Å²) in [5.41, 5.74) is 10.0. The van der Waals surface area contributed by atoms with Gasteiger partial charge in [-0.15, -0.1) is 0 Å². The van der Waals surface area contributed by atoms with Crippen molar-refractivity contribution in [2.24, 2.45) is 5.14 Å². The predicted octanol–water partition coefficient (Wildman–Crippen LogP) is 1.28. The second-order valence-electron chi connectivity index (χ2n) is 4.68. The highest BCUT2D eigenvalue weighted by Gasteiger charge is 2.15. The zero-order chi connectivity index (χ0) is 15.1. The fourth-order valence-electron chi connectivity index (χ4n) is 2.32. The number of sulfonamides is 1. The molecule has 0 amide bonds. The van der Waals surface area contributed by atoms with Gasteiger partial charge in [-0.2, -0.15) is 5.10 Å². The number of primary sulfonamides is 1. The number of nitrogens with zero attached hydrogens (tertiary/aromatic N) is 2. The molecular weight excluding hydrogens is 276 g/mol. The zero-order valence-corrected chi connectivity index (χ0v) is 12.5. The van der Waals surface area contributed by atoms with Gasteiger partial charge in [0.25, 0.3) is 0 Å². The molecule has 0 bridgehead atoms. The molecule has 0 unspecified atom stereocenters. The summed E-state index contributed by atoms with van der Waals surface area (Å²) in [6.07, 6.45) is 0.882. The lowest BCUT2D eigenvalue weighted by Crippen LogP contribution is -2.13. The number of anilines is 1. The average molecular weight is 294 g/mol. The third-order valence-corrected chi connectivity index (χ3v) is 4.26. The predicted molar refractivity (Wildman–Crippen MR) is 78.2 cm³/mol. The Morgan fingerprint density at radius 1 is 1.30 bits per heavy atom. The van der Waals surface area contributed by atoms with Crippen LogP contribution >= 0.6 is 0 Å². The highest BCUT2D eigenvalue weighted by Crippen LogP contribution is 2.24. The van der Waals surface area contributed by atoms with Crippen LogP contribution in [0.5, 0.6) is 0 Å². The van der Waals surface area contributed by atoms with Gasteiger partial charge in [0.2, 0.25) is 10.0 Å². The Kier molecular flexibility index (Phi) is 3.58. The molecule has 1 aromatic heterocycles. The van der Waals surface area contributed by atoms with E-state index in [-0.39, 0.29) is 4.90 Å². The summed E-state index contributed by atoms with van der Waals surface area (Å²) in [6, 6.07) is 4.41. The van der Waals surface area contributed by atoms with E-state index >= 15 is 0 Å². The van der Waals surface area contributed by atoms with Crippen molar-refractivity contribution in [3.8, 4) is 5.69 Å². The molecule has 0 spiro atoms. The second-order valence-corrected chi connectivity index (χ2v) is 6.24. The summed E-state index contributed by atoms with van der Waals surface area (Å²) < 4.78 is 24.3. The lowest BCUT2D eigenvalue weighted by molar-refractivity contribution is 0.598. The quantitative estimate of drug-likeness (QED) is 0.832. The maximum absolute atomic E-state index is 11.3. The third-order valence-electron chi connectivity index (χ3n) is 3.35. The van der Waals surface area contributed by atoms with Gasteiger partial charge in [-0.1, -0.05) is 6.92 Å². The van der Waals surface area contributed by atoms with Gasteiger partial charge in [-0.25, -0.2) is 18.2 Å². The lowest BCUT2D eigenvalue weighted by Gasteiger charge is -2.09. The highest BCUT2D eigenvalue weighted by atomic mass is 32.2. The van der Waals surface area contributed by atoms with Crippen molar-refractivity contribution in [2.45, 2.75) is 32.1 Å². The Bertz CT molecular complexity index is 763. The molecule has 1 heterocycles. The van der Waals surface area contributed by atoms with Crippen molar-refractivity contribution in [3.63, 3.8) is 0 Å². The van der Waals surface area contributed by atoms with E-state index in [1.54, 1.807) is 10.7 Å². The number of hydrogen-bond donors (Lipinski definition) is 2. The summed E-state index contributed by atoms with van der Waals surface area (Å²) >= 11 is 0. The number of aryl methyl sites for hydroxylation is 1. The molecule has 0 saturated carbocycles. The smallest absolute Gasteiger partial charge is 0.238 e. The molecule has 7 heteroatoms. The van der Waals surface area contributed by atoms with Gasteiger partial charge in [-0.05, 0) is 44.0 Å². The van der Waals surface area contributed by atoms with E-state index < -0.39 is 10.0 Å². The molecule has 0 aliphatic rings. The first-order valence-electron chi connectivity index (χ1n) is 6.23.